The van der Waals surface area contributed by atoms with Crippen molar-refractivity contribution < 1.29 is 4.74 Å². The third-order valence-electron chi connectivity index (χ3n) is 3.13. The second-order valence-electron chi connectivity index (χ2n) is 4.57. The van der Waals surface area contributed by atoms with Crippen LogP contribution in [-0.2, 0) is 6.54 Å². The Morgan fingerprint density at radius 1 is 1.10 bits per heavy atom. The second-order valence-corrected chi connectivity index (χ2v) is 4.97. The number of hydrogen-bond acceptors (Lipinski definition) is 2. The Bertz CT molecular complexity index is 578. The van der Waals surface area contributed by atoms with Crippen LogP contribution in [-0.4, -0.2) is 11.6 Å². The SMILES string of the molecule is CCOc1ccc(C(=S)NCc2ccccc2C)cc1. The van der Waals surface area contributed by atoms with Crippen molar-refractivity contribution in [2.24, 2.45) is 0 Å². The van der Waals surface area contributed by atoms with E-state index in [1.165, 1.54) is 11.1 Å². The largest absolute Gasteiger partial charge is 0.494 e. The summed E-state index contributed by atoms with van der Waals surface area (Å²) in [5.74, 6) is 0.873. The average Bonchev–Trinajstić information content (AvgIpc) is 2.47. The molecule has 0 aromatic heterocycles. The van der Waals surface area contributed by atoms with Crippen LogP contribution < -0.4 is 10.1 Å². The van der Waals surface area contributed by atoms with Crippen LogP contribution in [0.2, 0.25) is 0 Å². The van der Waals surface area contributed by atoms with Crippen molar-refractivity contribution in [2.75, 3.05) is 6.61 Å². The molecule has 2 aromatic carbocycles. The molecule has 3 heteroatoms. The van der Waals surface area contributed by atoms with Crippen molar-refractivity contribution in [3.8, 4) is 5.75 Å². The fraction of sp³-hybridized carbons (Fsp3) is 0.235. The summed E-state index contributed by atoms with van der Waals surface area (Å²) in [4.78, 5) is 0.760. The maximum Gasteiger partial charge on any atom is 0.119 e. The van der Waals surface area contributed by atoms with Gasteiger partial charge in [0.2, 0.25) is 0 Å². The summed E-state index contributed by atoms with van der Waals surface area (Å²) in [6, 6.07) is 16.2. The van der Waals surface area contributed by atoms with Gasteiger partial charge in [-0.05, 0) is 49.2 Å². The molecule has 0 saturated heterocycles. The number of benzene rings is 2. The summed E-state index contributed by atoms with van der Waals surface area (Å²) >= 11 is 5.42. The highest BCUT2D eigenvalue weighted by Gasteiger charge is 2.03. The van der Waals surface area contributed by atoms with Crippen molar-refractivity contribution in [3.05, 3.63) is 65.2 Å². The number of ether oxygens (including phenoxy) is 1. The zero-order valence-corrected chi connectivity index (χ0v) is 12.7. The molecule has 1 N–H and O–H groups in total. The number of aryl methyl sites for hydroxylation is 1. The predicted molar refractivity (Wildman–Crippen MR) is 87.3 cm³/mol. The highest BCUT2D eigenvalue weighted by atomic mass is 32.1. The van der Waals surface area contributed by atoms with Gasteiger partial charge in [0.05, 0.1) is 6.61 Å². The fourth-order valence-corrected chi connectivity index (χ4v) is 2.16. The van der Waals surface area contributed by atoms with Gasteiger partial charge in [0.15, 0.2) is 0 Å². The zero-order valence-electron chi connectivity index (χ0n) is 11.8. The minimum Gasteiger partial charge on any atom is -0.494 e. The fourth-order valence-electron chi connectivity index (χ4n) is 1.96. The maximum absolute atomic E-state index is 5.42. The third-order valence-corrected chi connectivity index (χ3v) is 3.51. The minimum atomic E-state index is 0.676. The molecule has 0 bridgehead atoms. The number of thiocarbonyl (C=S) groups is 1. The monoisotopic (exact) mass is 285 g/mol. The second kappa shape index (κ2) is 7.06. The lowest BCUT2D eigenvalue weighted by atomic mass is 10.1. The van der Waals surface area contributed by atoms with Gasteiger partial charge in [0, 0.05) is 12.1 Å². The van der Waals surface area contributed by atoms with Crippen molar-refractivity contribution in [1.29, 1.82) is 0 Å². The molecule has 0 heterocycles. The molecule has 0 radical (unpaired) electrons. The highest BCUT2D eigenvalue weighted by Crippen LogP contribution is 2.13. The van der Waals surface area contributed by atoms with E-state index in [2.05, 4.69) is 24.4 Å². The summed E-state index contributed by atoms with van der Waals surface area (Å²) < 4.78 is 5.42. The average molecular weight is 285 g/mol. The lowest BCUT2D eigenvalue weighted by Gasteiger charge is -2.11. The Kier molecular flexibility index (Phi) is 5.13. The summed E-state index contributed by atoms with van der Waals surface area (Å²) in [6.07, 6.45) is 0. The highest BCUT2D eigenvalue weighted by molar-refractivity contribution is 7.80. The summed E-state index contributed by atoms with van der Waals surface area (Å²) in [5.41, 5.74) is 3.55. The maximum atomic E-state index is 5.42. The van der Waals surface area contributed by atoms with Gasteiger partial charge < -0.3 is 10.1 Å². The van der Waals surface area contributed by atoms with Crippen LogP contribution in [0.15, 0.2) is 48.5 Å². The zero-order chi connectivity index (χ0) is 14.4. The van der Waals surface area contributed by atoms with E-state index in [1.807, 2.05) is 43.3 Å². The molecule has 0 saturated carbocycles. The smallest absolute Gasteiger partial charge is 0.119 e. The molecular formula is C17H19NOS. The van der Waals surface area contributed by atoms with Crippen molar-refractivity contribution in [3.63, 3.8) is 0 Å². The van der Waals surface area contributed by atoms with E-state index in [9.17, 15) is 0 Å². The van der Waals surface area contributed by atoms with Gasteiger partial charge >= 0.3 is 0 Å². The third kappa shape index (κ3) is 3.81. The molecule has 0 aliphatic heterocycles. The Hall–Kier alpha value is -1.87. The Labute approximate surface area is 125 Å². The first-order valence-corrected chi connectivity index (χ1v) is 7.17. The van der Waals surface area contributed by atoms with Crippen LogP contribution in [0.1, 0.15) is 23.6 Å². The standard InChI is InChI=1S/C17H19NOS/c1-3-19-16-10-8-14(9-11-16)17(20)18-12-15-7-5-4-6-13(15)2/h4-11H,3,12H2,1-2H3,(H,18,20). The molecule has 0 unspecified atom stereocenters. The van der Waals surface area contributed by atoms with Gasteiger partial charge in [-0.3, -0.25) is 0 Å². The van der Waals surface area contributed by atoms with E-state index in [0.717, 1.165) is 22.8 Å². The minimum absolute atomic E-state index is 0.676. The number of hydrogen-bond donors (Lipinski definition) is 1. The lowest BCUT2D eigenvalue weighted by Crippen LogP contribution is -2.22. The first kappa shape index (κ1) is 14.5. The van der Waals surface area contributed by atoms with Crippen LogP contribution >= 0.6 is 12.2 Å². The van der Waals surface area contributed by atoms with Gasteiger partial charge in [-0.25, -0.2) is 0 Å². The summed E-state index contributed by atoms with van der Waals surface area (Å²) in [7, 11) is 0. The molecule has 0 spiro atoms. The van der Waals surface area contributed by atoms with Crippen molar-refractivity contribution in [2.45, 2.75) is 20.4 Å². The number of nitrogens with one attached hydrogen (secondary N) is 1. The molecule has 0 aliphatic carbocycles. The summed E-state index contributed by atoms with van der Waals surface area (Å²) in [6.45, 7) is 5.51. The molecule has 0 atom stereocenters. The van der Waals surface area contributed by atoms with Crippen molar-refractivity contribution >= 4 is 17.2 Å². The van der Waals surface area contributed by atoms with E-state index in [4.69, 9.17) is 17.0 Å². The van der Waals surface area contributed by atoms with Crippen LogP contribution in [0, 0.1) is 6.92 Å². The normalized spacial score (nSPS) is 10.1. The Morgan fingerprint density at radius 3 is 2.45 bits per heavy atom. The predicted octanol–water partition coefficient (Wildman–Crippen LogP) is 3.86. The van der Waals surface area contributed by atoms with Crippen LogP contribution in [0.25, 0.3) is 0 Å². The molecular weight excluding hydrogens is 266 g/mol. The molecule has 0 amide bonds. The van der Waals surface area contributed by atoms with Crippen molar-refractivity contribution in [1.82, 2.24) is 5.32 Å². The lowest BCUT2D eigenvalue weighted by molar-refractivity contribution is 0.340. The van der Waals surface area contributed by atoms with Gasteiger partial charge in [0.1, 0.15) is 10.7 Å². The number of rotatable bonds is 5. The molecule has 104 valence electrons. The first-order valence-electron chi connectivity index (χ1n) is 6.76. The Balaban J connectivity index is 1.96. The molecule has 0 aliphatic rings. The topological polar surface area (TPSA) is 21.3 Å². The van der Waals surface area contributed by atoms with E-state index in [0.29, 0.717) is 6.61 Å². The molecule has 0 fully saturated rings. The van der Waals surface area contributed by atoms with Gasteiger partial charge in [0.25, 0.3) is 0 Å². The van der Waals surface area contributed by atoms with Gasteiger partial charge in [-0.2, -0.15) is 0 Å². The molecule has 2 rings (SSSR count). The van der Waals surface area contributed by atoms with Crippen LogP contribution in [0.5, 0.6) is 5.75 Å². The van der Waals surface area contributed by atoms with Crippen LogP contribution in [0.4, 0.5) is 0 Å². The van der Waals surface area contributed by atoms with E-state index in [1.54, 1.807) is 0 Å². The Morgan fingerprint density at radius 2 is 1.80 bits per heavy atom. The van der Waals surface area contributed by atoms with E-state index >= 15 is 0 Å². The molecule has 20 heavy (non-hydrogen) atoms. The van der Waals surface area contributed by atoms with Gasteiger partial charge in [-0.1, -0.05) is 36.5 Å². The quantitative estimate of drug-likeness (QED) is 0.843. The first-order chi connectivity index (χ1) is 9.70. The van der Waals surface area contributed by atoms with E-state index < -0.39 is 0 Å². The summed E-state index contributed by atoms with van der Waals surface area (Å²) in [5, 5.41) is 3.30. The van der Waals surface area contributed by atoms with Crippen LogP contribution in [0.3, 0.4) is 0 Å². The van der Waals surface area contributed by atoms with E-state index in [-0.39, 0.29) is 0 Å². The molecule has 2 nitrogen and oxygen atoms in total. The van der Waals surface area contributed by atoms with Gasteiger partial charge in [-0.15, -0.1) is 0 Å². The molecule has 2 aromatic rings.